The quantitative estimate of drug-likeness (QED) is 0.835. The van der Waals surface area contributed by atoms with Crippen LogP contribution >= 0.6 is 0 Å². The van der Waals surface area contributed by atoms with Gasteiger partial charge in [-0.05, 0) is 44.4 Å². The van der Waals surface area contributed by atoms with E-state index in [1.165, 1.54) is 6.07 Å². The molecule has 1 amide bonds. The number of nitrogens with zero attached hydrogens (tertiary/aromatic N) is 2. The molecule has 1 heterocycles. The second-order valence-electron chi connectivity index (χ2n) is 4.89. The minimum atomic E-state index is -0.402. The first-order valence-electron chi connectivity index (χ1n) is 7.32. The number of halogens is 1. The predicted octanol–water partition coefficient (Wildman–Crippen LogP) is 3.00. The number of hydrogen-bond donors (Lipinski definition) is 1. The Balaban J connectivity index is 1.93. The minimum Gasteiger partial charge on any atom is -0.450 e. The van der Waals surface area contributed by atoms with Crippen molar-refractivity contribution >= 4 is 6.09 Å². The van der Waals surface area contributed by atoms with Crippen molar-refractivity contribution in [1.29, 1.82) is 0 Å². The van der Waals surface area contributed by atoms with E-state index in [4.69, 9.17) is 4.74 Å². The lowest BCUT2D eigenvalue weighted by Gasteiger charge is -2.04. The fourth-order valence-corrected chi connectivity index (χ4v) is 2.15. The number of ether oxygens (including phenoxy) is 1. The summed E-state index contributed by atoms with van der Waals surface area (Å²) in [7, 11) is 0. The number of para-hydroxylation sites is 1. The summed E-state index contributed by atoms with van der Waals surface area (Å²) in [5.41, 5.74) is 2.33. The fraction of sp³-hybridized carbons (Fsp3) is 0.375. The SMILES string of the molecule is CCOC(=O)NCCCc1cn(-c2ccccc2F)nc1C. The molecule has 1 aromatic carbocycles. The summed E-state index contributed by atoms with van der Waals surface area (Å²) in [5.74, 6) is -0.305. The van der Waals surface area contributed by atoms with Gasteiger partial charge in [0, 0.05) is 12.7 Å². The number of alkyl carbamates (subject to hydrolysis) is 1. The third-order valence-electron chi connectivity index (χ3n) is 3.27. The molecule has 2 aromatic rings. The molecule has 1 aromatic heterocycles. The van der Waals surface area contributed by atoms with Gasteiger partial charge in [0.25, 0.3) is 0 Å². The monoisotopic (exact) mass is 305 g/mol. The summed E-state index contributed by atoms with van der Waals surface area (Å²) < 4.78 is 20.1. The number of nitrogens with one attached hydrogen (secondary N) is 1. The number of benzene rings is 1. The van der Waals surface area contributed by atoms with Crippen LogP contribution in [0, 0.1) is 12.7 Å². The summed E-state index contributed by atoms with van der Waals surface area (Å²) in [5, 5.41) is 7.02. The van der Waals surface area contributed by atoms with Crippen LogP contribution in [-0.4, -0.2) is 29.0 Å². The molecule has 0 aliphatic rings. The largest absolute Gasteiger partial charge is 0.450 e. The van der Waals surface area contributed by atoms with Crippen molar-refractivity contribution in [2.75, 3.05) is 13.2 Å². The maximum Gasteiger partial charge on any atom is 0.407 e. The predicted molar refractivity (Wildman–Crippen MR) is 81.6 cm³/mol. The molecule has 22 heavy (non-hydrogen) atoms. The Hall–Kier alpha value is -2.37. The van der Waals surface area contributed by atoms with E-state index in [2.05, 4.69) is 10.4 Å². The summed E-state index contributed by atoms with van der Waals surface area (Å²) in [6.45, 7) is 4.55. The maximum absolute atomic E-state index is 13.8. The highest BCUT2D eigenvalue weighted by molar-refractivity contribution is 5.66. The fourth-order valence-electron chi connectivity index (χ4n) is 2.15. The van der Waals surface area contributed by atoms with Crippen molar-refractivity contribution < 1.29 is 13.9 Å². The van der Waals surface area contributed by atoms with Crippen molar-refractivity contribution in [3.8, 4) is 5.69 Å². The lowest BCUT2D eigenvalue weighted by molar-refractivity contribution is 0.152. The van der Waals surface area contributed by atoms with E-state index in [1.807, 2.05) is 13.1 Å². The summed E-state index contributed by atoms with van der Waals surface area (Å²) in [6.07, 6.45) is 2.95. The zero-order valence-corrected chi connectivity index (χ0v) is 12.8. The van der Waals surface area contributed by atoms with Gasteiger partial charge in [-0.15, -0.1) is 0 Å². The maximum atomic E-state index is 13.8. The molecule has 0 unspecified atom stereocenters. The Bertz CT molecular complexity index is 640. The summed E-state index contributed by atoms with van der Waals surface area (Å²) >= 11 is 0. The van der Waals surface area contributed by atoms with Crippen LogP contribution in [0.25, 0.3) is 5.69 Å². The molecule has 2 rings (SSSR count). The third kappa shape index (κ3) is 4.07. The van der Waals surface area contributed by atoms with Crippen molar-refractivity contribution in [3.63, 3.8) is 0 Å². The van der Waals surface area contributed by atoms with Crippen LogP contribution in [0.15, 0.2) is 30.5 Å². The van der Waals surface area contributed by atoms with Gasteiger partial charge in [-0.3, -0.25) is 0 Å². The van der Waals surface area contributed by atoms with Gasteiger partial charge in [0.15, 0.2) is 0 Å². The number of rotatable bonds is 6. The van der Waals surface area contributed by atoms with E-state index in [1.54, 1.807) is 29.8 Å². The zero-order chi connectivity index (χ0) is 15.9. The van der Waals surface area contributed by atoms with E-state index < -0.39 is 6.09 Å². The van der Waals surface area contributed by atoms with Crippen molar-refractivity contribution in [2.24, 2.45) is 0 Å². The summed E-state index contributed by atoms with van der Waals surface area (Å²) in [4.78, 5) is 11.2. The molecule has 0 bridgehead atoms. The molecule has 0 radical (unpaired) electrons. The van der Waals surface area contributed by atoms with Gasteiger partial charge in [-0.1, -0.05) is 12.1 Å². The van der Waals surface area contributed by atoms with Gasteiger partial charge in [0.05, 0.1) is 12.3 Å². The molecule has 0 atom stereocenters. The molecule has 0 saturated carbocycles. The van der Waals surface area contributed by atoms with Crippen LogP contribution < -0.4 is 5.32 Å². The first-order chi connectivity index (χ1) is 10.6. The number of carbonyl (C=O) groups excluding carboxylic acids is 1. The van der Waals surface area contributed by atoms with E-state index in [9.17, 15) is 9.18 Å². The number of hydrogen-bond acceptors (Lipinski definition) is 3. The molecule has 0 aliphatic heterocycles. The standard InChI is InChI=1S/C16H20FN3O2/c1-3-22-16(21)18-10-6-7-13-11-20(19-12(13)2)15-9-5-4-8-14(15)17/h4-5,8-9,11H,3,6-7,10H2,1-2H3,(H,18,21). The van der Waals surface area contributed by atoms with Crippen LogP contribution in [0.3, 0.4) is 0 Å². The minimum absolute atomic E-state index is 0.305. The highest BCUT2D eigenvalue weighted by Crippen LogP contribution is 2.16. The van der Waals surface area contributed by atoms with Crippen LogP contribution in [-0.2, 0) is 11.2 Å². The average Bonchev–Trinajstić information content (AvgIpc) is 2.85. The molecule has 1 N–H and O–H groups in total. The normalized spacial score (nSPS) is 10.5. The zero-order valence-electron chi connectivity index (χ0n) is 12.8. The van der Waals surface area contributed by atoms with E-state index in [0.29, 0.717) is 18.8 Å². The van der Waals surface area contributed by atoms with Crippen molar-refractivity contribution in [1.82, 2.24) is 15.1 Å². The second kappa shape index (κ2) is 7.59. The van der Waals surface area contributed by atoms with Gasteiger partial charge >= 0.3 is 6.09 Å². The van der Waals surface area contributed by atoms with E-state index >= 15 is 0 Å². The number of aryl methyl sites for hydroxylation is 2. The molecule has 0 spiro atoms. The Morgan fingerprint density at radius 3 is 2.91 bits per heavy atom. The number of carbonyl (C=O) groups is 1. The third-order valence-corrected chi connectivity index (χ3v) is 3.27. The first kappa shape index (κ1) is 16.0. The van der Waals surface area contributed by atoms with E-state index in [-0.39, 0.29) is 5.82 Å². The topological polar surface area (TPSA) is 56.1 Å². The summed E-state index contributed by atoms with van der Waals surface area (Å²) in [6, 6.07) is 6.53. The van der Waals surface area contributed by atoms with Crippen LogP contribution in [0.1, 0.15) is 24.6 Å². The van der Waals surface area contributed by atoms with Gasteiger partial charge in [-0.2, -0.15) is 5.10 Å². The molecule has 5 nitrogen and oxygen atoms in total. The van der Waals surface area contributed by atoms with Crippen LogP contribution in [0.4, 0.5) is 9.18 Å². The van der Waals surface area contributed by atoms with Gasteiger partial charge in [-0.25, -0.2) is 13.9 Å². The molecule has 6 heteroatoms. The van der Waals surface area contributed by atoms with Gasteiger partial charge in [0.1, 0.15) is 11.5 Å². The second-order valence-corrected chi connectivity index (χ2v) is 4.89. The lowest BCUT2D eigenvalue weighted by atomic mass is 10.1. The van der Waals surface area contributed by atoms with E-state index in [0.717, 1.165) is 24.1 Å². The molecular weight excluding hydrogens is 285 g/mol. The Morgan fingerprint density at radius 1 is 1.41 bits per heavy atom. The van der Waals surface area contributed by atoms with Gasteiger partial charge < -0.3 is 10.1 Å². The lowest BCUT2D eigenvalue weighted by Crippen LogP contribution is -2.25. The number of amides is 1. The molecular formula is C16H20FN3O2. The number of aromatic nitrogens is 2. The molecule has 0 saturated heterocycles. The average molecular weight is 305 g/mol. The Labute approximate surface area is 129 Å². The Kier molecular flexibility index (Phi) is 5.52. The first-order valence-corrected chi connectivity index (χ1v) is 7.32. The molecule has 0 aliphatic carbocycles. The smallest absolute Gasteiger partial charge is 0.407 e. The van der Waals surface area contributed by atoms with Crippen LogP contribution in [0.2, 0.25) is 0 Å². The molecule has 0 fully saturated rings. The van der Waals surface area contributed by atoms with Crippen molar-refractivity contribution in [3.05, 3.63) is 47.5 Å². The van der Waals surface area contributed by atoms with Crippen molar-refractivity contribution in [2.45, 2.75) is 26.7 Å². The van der Waals surface area contributed by atoms with Crippen LogP contribution in [0.5, 0.6) is 0 Å². The molecule has 118 valence electrons. The highest BCUT2D eigenvalue weighted by Gasteiger charge is 2.09. The highest BCUT2D eigenvalue weighted by atomic mass is 19.1. The Morgan fingerprint density at radius 2 is 2.18 bits per heavy atom. The van der Waals surface area contributed by atoms with Gasteiger partial charge in [0.2, 0.25) is 0 Å².